The zero-order valence-corrected chi connectivity index (χ0v) is 19.2. The van der Waals surface area contributed by atoms with E-state index in [1.807, 2.05) is 6.92 Å². The summed E-state index contributed by atoms with van der Waals surface area (Å²) in [5, 5.41) is 6.63. The number of nitrogens with one attached hydrogen (secondary N) is 2. The number of hydrogen-bond donors (Lipinski definition) is 2. The zero-order chi connectivity index (χ0) is 18.8. The van der Waals surface area contributed by atoms with E-state index in [-0.39, 0.29) is 36.4 Å². The van der Waals surface area contributed by atoms with Crippen LogP contribution in [0.4, 0.5) is 0 Å². The molecule has 1 rings (SSSR count). The van der Waals surface area contributed by atoms with Crippen LogP contribution in [0.2, 0.25) is 0 Å². The molecule has 1 aliphatic rings. The van der Waals surface area contributed by atoms with E-state index in [0.717, 1.165) is 38.4 Å². The molecule has 0 aromatic carbocycles. The molecule has 1 aliphatic heterocycles. The minimum Gasteiger partial charge on any atom is -0.379 e. The maximum Gasteiger partial charge on any atom is 0.243 e. The van der Waals surface area contributed by atoms with Gasteiger partial charge in [0.1, 0.15) is 6.54 Å². The van der Waals surface area contributed by atoms with E-state index < -0.39 is 0 Å². The number of carbonyl (C=O) groups excluding carboxylic acids is 1. The summed E-state index contributed by atoms with van der Waals surface area (Å²) >= 11 is 0. The highest BCUT2D eigenvalue weighted by molar-refractivity contribution is 14.0. The van der Waals surface area contributed by atoms with Gasteiger partial charge in [-0.25, -0.2) is 4.99 Å². The molecule has 7 nitrogen and oxygen atoms in total. The first-order chi connectivity index (χ1) is 11.8. The van der Waals surface area contributed by atoms with E-state index in [1.165, 1.54) is 0 Å². The molecular formula is C18H36IN5O2. The molecule has 1 heterocycles. The summed E-state index contributed by atoms with van der Waals surface area (Å²) in [6.45, 7) is 15.3. The maximum atomic E-state index is 11.8. The van der Waals surface area contributed by atoms with Crippen molar-refractivity contribution in [2.24, 2.45) is 10.9 Å². The third-order valence-electron chi connectivity index (χ3n) is 4.19. The third kappa shape index (κ3) is 9.72. The Bertz CT molecular complexity index is 462. The number of carbonyl (C=O) groups is 1. The lowest BCUT2D eigenvalue weighted by molar-refractivity contribution is -0.127. The molecule has 1 fully saturated rings. The number of hydrogen-bond acceptors (Lipinski definition) is 4. The van der Waals surface area contributed by atoms with Crippen molar-refractivity contribution in [3.05, 3.63) is 12.2 Å². The number of likely N-dealkylation sites (N-methyl/N-ethyl adjacent to an activating group) is 1. The Morgan fingerprint density at radius 1 is 1.27 bits per heavy atom. The molecule has 1 unspecified atom stereocenters. The van der Waals surface area contributed by atoms with Crippen LogP contribution in [-0.2, 0) is 9.53 Å². The van der Waals surface area contributed by atoms with Gasteiger partial charge in [-0.1, -0.05) is 26.0 Å². The van der Waals surface area contributed by atoms with Gasteiger partial charge in [-0.3, -0.25) is 9.69 Å². The van der Waals surface area contributed by atoms with Crippen molar-refractivity contribution in [1.29, 1.82) is 0 Å². The number of amides is 1. The molecule has 26 heavy (non-hydrogen) atoms. The van der Waals surface area contributed by atoms with Crippen molar-refractivity contribution in [3.8, 4) is 0 Å². The minimum atomic E-state index is -0.0231. The normalized spacial score (nSPS) is 16.6. The van der Waals surface area contributed by atoms with Crippen molar-refractivity contribution in [3.63, 3.8) is 0 Å². The smallest absolute Gasteiger partial charge is 0.243 e. The molecule has 0 saturated carbocycles. The Balaban J connectivity index is 0.00000625. The van der Waals surface area contributed by atoms with E-state index in [9.17, 15) is 4.79 Å². The number of guanidine groups is 1. The van der Waals surface area contributed by atoms with Crippen LogP contribution >= 0.6 is 24.0 Å². The van der Waals surface area contributed by atoms with Crippen molar-refractivity contribution in [2.75, 3.05) is 60.0 Å². The van der Waals surface area contributed by atoms with Gasteiger partial charge in [0, 0.05) is 46.3 Å². The third-order valence-corrected chi connectivity index (χ3v) is 4.19. The highest BCUT2D eigenvalue weighted by Gasteiger charge is 2.23. The van der Waals surface area contributed by atoms with E-state index in [4.69, 9.17) is 4.74 Å². The van der Waals surface area contributed by atoms with Crippen molar-refractivity contribution >= 4 is 35.8 Å². The summed E-state index contributed by atoms with van der Waals surface area (Å²) in [6.07, 6.45) is 0. The van der Waals surface area contributed by atoms with Crippen LogP contribution in [0.1, 0.15) is 20.8 Å². The highest BCUT2D eigenvalue weighted by atomic mass is 127. The van der Waals surface area contributed by atoms with Crippen molar-refractivity contribution < 1.29 is 9.53 Å². The van der Waals surface area contributed by atoms with Crippen LogP contribution in [0.5, 0.6) is 0 Å². The quantitative estimate of drug-likeness (QED) is 0.236. The zero-order valence-electron chi connectivity index (χ0n) is 16.9. The van der Waals surface area contributed by atoms with Gasteiger partial charge in [-0.2, -0.15) is 0 Å². The predicted octanol–water partition coefficient (Wildman–Crippen LogP) is 1.16. The van der Waals surface area contributed by atoms with E-state index >= 15 is 0 Å². The second-order valence-corrected chi connectivity index (χ2v) is 7.10. The molecular weight excluding hydrogens is 445 g/mol. The fourth-order valence-electron chi connectivity index (χ4n) is 2.59. The van der Waals surface area contributed by atoms with Crippen LogP contribution < -0.4 is 10.6 Å². The Labute approximate surface area is 175 Å². The molecule has 8 heteroatoms. The molecule has 0 aromatic heterocycles. The average molecular weight is 481 g/mol. The second-order valence-electron chi connectivity index (χ2n) is 7.10. The van der Waals surface area contributed by atoms with Gasteiger partial charge in [-0.15, -0.1) is 24.0 Å². The van der Waals surface area contributed by atoms with Crippen molar-refractivity contribution in [2.45, 2.75) is 26.8 Å². The molecule has 0 bridgehead atoms. The molecule has 0 radical (unpaired) electrons. The van der Waals surface area contributed by atoms with Gasteiger partial charge in [-0.05, 0) is 12.8 Å². The minimum absolute atomic E-state index is 0. The summed E-state index contributed by atoms with van der Waals surface area (Å²) < 4.78 is 5.46. The maximum absolute atomic E-state index is 11.8. The number of morpholine rings is 1. The van der Waals surface area contributed by atoms with Gasteiger partial charge in [0.25, 0.3) is 0 Å². The SMILES string of the molecule is C=C(C)CNC(=NCC(=O)N(C)C)NCC(C(C)C)N1CCOCC1.I. The van der Waals surface area contributed by atoms with Crippen LogP contribution in [-0.4, -0.2) is 87.7 Å². The predicted molar refractivity (Wildman–Crippen MR) is 118 cm³/mol. The fourth-order valence-corrected chi connectivity index (χ4v) is 2.59. The molecule has 1 atom stereocenters. The first-order valence-electron chi connectivity index (χ1n) is 8.99. The van der Waals surface area contributed by atoms with Gasteiger partial charge in [0.2, 0.25) is 5.91 Å². The van der Waals surface area contributed by atoms with Crippen molar-refractivity contribution in [1.82, 2.24) is 20.4 Å². The fraction of sp³-hybridized carbons (Fsp3) is 0.778. The average Bonchev–Trinajstić information content (AvgIpc) is 2.56. The molecule has 2 N–H and O–H groups in total. The summed E-state index contributed by atoms with van der Waals surface area (Å²) in [4.78, 5) is 20.2. The standard InChI is InChI=1S/C18H35N5O2.HI/c1-14(2)11-19-18(21-13-17(24)22(5)6)20-12-16(15(3)4)23-7-9-25-10-8-23;/h15-16H,1,7-13H2,2-6H3,(H2,19,20,21);1H. The topological polar surface area (TPSA) is 69.2 Å². The molecule has 1 saturated heterocycles. The molecule has 0 aromatic rings. The first kappa shape index (κ1) is 25.1. The number of nitrogens with zero attached hydrogens (tertiary/aromatic N) is 3. The van der Waals surface area contributed by atoms with Gasteiger partial charge in [0.15, 0.2) is 5.96 Å². The summed E-state index contributed by atoms with van der Waals surface area (Å²) in [7, 11) is 3.47. The molecule has 0 spiro atoms. The van der Waals surface area contributed by atoms with Gasteiger partial charge >= 0.3 is 0 Å². The Kier molecular flexibility index (Phi) is 12.9. The number of ether oxygens (including phenoxy) is 1. The Hall–Kier alpha value is -0.870. The Morgan fingerprint density at radius 2 is 1.88 bits per heavy atom. The van der Waals surface area contributed by atoms with Gasteiger partial charge < -0.3 is 20.3 Å². The highest BCUT2D eigenvalue weighted by Crippen LogP contribution is 2.12. The largest absolute Gasteiger partial charge is 0.379 e. The molecule has 152 valence electrons. The lowest BCUT2D eigenvalue weighted by Crippen LogP contribution is -2.52. The summed E-state index contributed by atoms with van der Waals surface area (Å²) in [5.41, 5.74) is 1.02. The first-order valence-corrected chi connectivity index (χ1v) is 8.99. The summed E-state index contributed by atoms with van der Waals surface area (Å²) in [5.74, 6) is 1.14. The van der Waals surface area contributed by atoms with Crippen LogP contribution in [0, 0.1) is 5.92 Å². The second kappa shape index (κ2) is 13.3. The molecule has 0 aliphatic carbocycles. The Morgan fingerprint density at radius 3 is 2.38 bits per heavy atom. The lowest BCUT2D eigenvalue weighted by atomic mass is 10.0. The van der Waals surface area contributed by atoms with E-state index in [2.05, 4.69) is 41.0 Å². The molecule has 1 amide bonds. The van der Waals surface area contributed by atoms with Crippen LogP contribution in [0.25, 0.3) is 0 Å². The lowest BCUT2D eigenvalue weighted by Gasteiger charge is -2.37. The number of rotatable bonds is 8. The number of aliphatic imine (C=N–C) groups is 1. The van der Waals surface area contributed by atoms with Gasteiger partial charge in [0.05, 0.1) is 13.2 Å². The van der Waals surface area contributed by atoms with E-state index in [1.54, 1.807) is 19.0 Å². The summed E-state index contributed by atoms with van der Waals surface area (Å²) in [6, 6.07) is 0.394. The van der Waals surface area contributed by atoms with Crippen LogP contribution in [0.3, 0.4) is 0 Å². The van der Waals surface area contributed by atoms with E-state index in [0.29, 0.717) is 24.5 Å². The number of halogens is 1. The monoisotopic (exact) mass is 481 g/mol. The van der Waals surface area contributed by atoms with Crippen LogP contribution in [0.15, 0.2) is 17.1 Å².